The van der Waals surface area contributed by atoms with E-state index in [0.29, 0.717) is 35.5 Å². The predicted molar refractivity (Wildman–Crippen MR) is 119 cm³/mol. The Kier molecular flexibility index (Phi) is 10.4. The van der Waals surface area contributed by atoms with Crippen LogP contribution in [0.1, 0.15) is 80.1 Å². The van der Waals surface area contributed by atoms with Crippen LogP contribution in [-0.2, 0) is 28.8 Å². The third kappa shape index (κ3) is 7.22. The molecule has 0 spiro atoms. The number of hydrogen-bond donors (Lipinski definition) is 0. The minimum Gasteiger partial charge on any atom is -0.274 e. The van der Waals surface area contributed by atoms with Crippen molar-refractivity contribution in [3.63, 3.8) is 0 Å². The number of carbonyl (C=O) groups is 6. The summed E-state index contributed by atoms with van der Waals surface area (Å²) in [5.41, 5.74) is 0. The second-order valence-electron chi connectivity index (χ2n) is 7.31. The summed E-state index contributed by atoms with van der Waals surface area (Å²) in [5, 5.41) is 0. The van der Waals surface area contributed by atoms with Gasteiger partial charge in [-0.15, -0.1) is 0 Å². The zero-order valence-corrected chi connectivity index (χ0v) is 19.9. The van der Waals surface area contributed by atoms with Gasteiger partial charge in [0.2, 0.25) is 53.3 Å². The van der Waals surface area contributed by atoms with Gasteiger partial charge in [0.1, 0.15) is 0 Å². The molecule has 12 nitrogen and oxygen atoms in total. The van der Waals surface area contributed by atoms with E-state index in [1.165, 1.54) is 0 Å². The lowest BCUT2D eigenvalue weighted by molar-refractivity contribution is -0.127. The third-order valence-electron chi connectivity index (χ3n) is 4.45. The molecule has 0 saturated carbocycles. The normalized spacial score (nSPS) is 10.4. The van der Waals surface area contributed by atoms with Gasteiger partial charge in [0.15, 0.2) is 0 Å². The summed E-state index contributed by atoms with van der Waals surface area (Å²) in [6.07, 6.45) is 2.44. The minimum atomic E-state index is -0.746. The molecule has 1 heterocycles. The molecule has 0 N–H and O–H groups in total. The fourth-order valence-electron chi connectivity index (χ4n) is 2.89. The quantitative estimate of drug-likeness (QED) is 0.536. The van der Waals surface area contributed by atoms with Gasteiger partial charge in [0, 0.05) is 40.5 Å². The molecule has 0 aliphatic heterocycles. The largest absolute Gasteiger partial charge is 0.274 e. The molecule has 0 aliphatic carbocycles. The van der Waals surface area contributed by atoms with Gasteiger partial charge in [0.05, 0.1) is 0 Å². The monoisotopic (exact) mass is 462 g/mol. The first-order chi connectivity index (χ1) is 15.5. The van der Waals surface area contributed by atoms with Gasteiger partial charge in [-0.1, -0.05) is 26.7 Å². The minimum absolute atomic E-state index is 0.0248. The van der Waals surface area contributed by atoms with Crippen molar-refractivity contribution in [1.82, 2.24) is 15.0 Å². The Bertz CT molecular complexity index is 849. The number of aromatic nitrogens is 3. The second kappa shape index (κ2) is 12.5. The van der Waals surface area contributed by atoms with E-state index in [0.717, 1.165) is 32.6 Å². The summed E-state index contributed by atoms with van der Waals surface area (Å²) in [6, 6.07) is 0. The van der Waals surface area contributed by atoms with E-state index in [1.54, 1.807) is 0 Å². The number of unbranched alkanes of at least 4 members (excludes halogenated alkanes) is 2. The van der Waals surface area contributed by atoms with Gasteiger partial charge in [-0.2, -0.15) is 15.0 Å². The summed E-state index contributed by atoms with van der Waals surface area (Å²) >= 11 is 0. The first-order valence-electron chi connectivity index (χ1n) is 10.7. The van der Waals surface area contributed by atoms with Gasteiger partial charge >= 0.3 is 0 Å². The Hall–Kier alpha value is -3.57. The Morgan fingerprint density at radius 2 is 0.818 bits per heavy atom. The zero-order valence-electron chi connectivity index (χ0n) is 19.9. The Morgan fingerprint density at radius 3 is 1.06 bits per heavy atom. The highest BCUT2D eigenvalue weighted by atomic mass is 16.2. The third-order valence-corrected chi connectivity index (χ3v) is 4.45. The summed E-state index contributed by atoms with van der Waals surface area (Å²) in [7, 11) is 0. The average molecular weight is 463 g/mol. The van der Waals surface area contributed by atoms with Crippen molar-refractivity contribution in [2.24, 2.45) is 0 Å². The van der Waals surface area contributed by atoms with E-state index < -0.39 is 53.3 Å². The molecule has 6 amide bonds. The molecule has 1 aromatic heterocycles. The first-order valence-corrected chi connectivity index (χ1v) is 10.7. The lowest BCUT2D eigenvalue weighted by Gasteiger charge is -2.23. The maximum atomic E-state index is 12.9. The molecule has 0 bridgehead atoms. The molecule has 12 heteroatoms. The Morgan fingerprint density at radius 1 is 0.545 bits per heavy atom. The number of nitrogens with zero attached hydrogens (tertiary/aromatic N) is 6. The van der Waals surface area contributed by atoms with Crippen LogP contribution in [0, 0.1) is 0 Å². The van der Waals surface area contributed by atoms with Crippen molar-refractivity contribution in [2.45, 2.75) is 80.1 Å². The molecule has 33 heavy (non-hydrogen) atoms. The highest BCUT2D eigenvalue weighted by Crippen LogP contribution is 2.22. The van der Waals surface area contributed by atoms with Gasteiger partial charge in [-0.3, -0.25) is 28.8 Å². The topological polar surface area (TPSA) is 151 Å². The standard InChI is InChI=1S/C21H30N6O6/c1-7-9-11-17(32)27(18(33)12-10-8-2)21-23-19(25(13(3)28)14(4)29)22-20(24-21)26(15(5)30)16(6)31/h7-12H2,1-6H3. The lowest BCUT2D eigenvalue weighted by atomic mass is 10.2. The van der Waals surface area contributed by atoms with Gasteiger partial charge < -0.3 is 0 Å². The molecule has 0 radical (unpaired) electrons. The maximum Gasteiger partial charge on any atom is 0.245 e. The van der Waals surface area contributed by atoms with Crippen LogP contribution in [-0.4, -0.2) is 50.4 Å². The van der Waals surface area contributed by atoms with Crippen LogP contribution in [0.2, 0.25) is 0 Å². The van der Waals surface area contributed by atoms with Crippen LogP contribution in [0.25, 0.3) is 0 Å². The number of amides is 6. The van der Waals surface area contributed by atoms with Crippen LogP contribution in [0.3, 0.4) is 0 Å². The smallest absolute Gasteiger partial charge is 0.245 e. The highest BCUT2D eigenvalue weighted by molar-refractivity contribution is 6.16. The lowest BCUT2D eigenvalue weighted by Crippen LogP contribution is -2.41. The molecule has 0 aliphatic rings. The van der Waals surface area contributed by atoms with E-state index in [-0.39, 0.29) is 12.8 Å². The van der Waals surface area contributed by atoms with Crippen LogP contribution in [0.4, 0.5) is 17.8 Å². The van der Waals surface area contributed by atoms with E-state index in [4.69, 9.17) is 0 Å². The van der Waals surface area contributed by atoms with Crippen LogP contribution >= 0.6 is 0 Å². The summed E-state index contributed by atoms with van der Waals surface area (Å²) in [5.74, 6) is -5.66. The second-order valence-corrected chi connectivity index (χ2v) is 7.31. The van der Waals surface area contributed by atoms with E-state index in [9.17, 15) is 28.8 Å². The van der Waals surface area contributed by atoms with Gasteiger partial charge in [0.25, 0.3) is 0 Å². The van der Waals surface area contributed by atoms with Crippen molar-refractivity contribution in [3.05, 3.63) is 0 Å². The average Bonchev–Trinajstić information content (AvgIpc) is 2.69. The fraction of sp³-hybridized carbons (Fsp3) is 0.571. The Labute approximate surface area is 192 Å². The molecule has 0 aromatic carbocycles. The SMILES string of the molecule is CCCCC(=O)N(C(=O)CCCC)c1nc(N(C(C)=O)C(C)=O)nc(N(C(C)=O)C(C)=O)n1. The van der Waals surface area contributed by atoms with Crippen molar-refractivity contribution >= 4 is 53.3 Å². The fourth-order valence-corrected chi connectivity index (χ4v) is 2.89. The molecular weight excluding hydrogens is 432 g/mol. The predicted octanol–water partition coefficient (Wildman–Crippen LogP) is 1.91. The molecule has 0 unspecified atom stereocenters. The summed E-state index contributed by atoms with van der Waals surface area (Å²) in [4.78, 5) is 88.1. The number of rotatable bonds is 9. The van der Waals surface area contributed by atoms with Crippen LogP contribution < -0.4 is 14.7 Å². The van der Waals surface area contributed by atoms with Crippen molar-refractivity contribution in [2.75, 3.05) is 14.7 Å². The molecule has 1 aromatic rings. The number of imide groups is 3. The summed E-state index contributed by atoms with van der Waals surface area (Å²) < 4.78 is 0. The van der Waals surface area contributed by atoms with E-state index in [2.05, 4.69) is 15.0 Å². The molecule has 0 saturated heterocycles. The van der Waals surface area contributed by atoms with Crippen LogP contribution in [0.5, 0.6) is 0 Å². The molecule has 180 valence electrons. The first kappa shape index (κ1) is 27.5. The van der Waals surface area contributed by atoms with E-state index in [1.807, 2.05) is 13.8 Å². The maximum absolute atomic E-state index is 12.9. The number of hydrogen-bond acceptors (Lipinski definition) is 9. The van der Waals surface area contributed by atoms with E-state index >= 15 is 0 Å². The molecule has 0 atom stereocenters. The van der Waals surface area contributed by atoms with Crippen molar-refractivity contribution in [3.8, 4) is 0 Å². The van der Waals surface area contributed by atoms with Crippen molar-refractivity contribution in [1.29, 1.82) is 0 Å². The zero-order chi connectivity index (χ0) is 25.3. The Balaban J connectivity index is 3.83. The highest BCUT2D eigenvalue weighted by Gasteiger charge is 2.31. The summed E-state index contributed by atoms with van der Waals surface area (Å²) in [6.45, 7) is 8.13. The van der Waals surface area contributed by atoms with Gasteiger partial charge in [-0.05, 0) is 12.8 Å². The number of carbonyl (C=O) groups excluding carboxylic acids is 6. The molecule has 1 rings (SSSR count). The van der Waals surface area contributed by atoms with Gasteiger partial charge in [-0.25, -0.2) is 14.7 Å². The molecular formula is C21H30N6O6. The van der Waals surface area contributed by atoms with Crippen molar-refractivity contribution < 1.29 is 28.8 Å². The molecule has 0 fully saturated rings. The number of anilines is 3. The van der Waals surface area contributed by atoms with Crippen LogP contribution in [0.15, 0.2) is 0 Å².